The van der Waals surface area contributed by atoms with Gasteiger partial charge in [-0.25, -0.2) is 37.4 Å². The maximum absolute atomic E-state index is 14.6. The monoisotopic (exact) mass is 1580 g/mol. The number of fused-ring (bicyclic) bond motifs is 5. The second-order valence-corrected chi connectivity index (χ2v) is 29.0. The Bertz CT molecular complexity index is 4580. The summed E-state index contributed by atoms with van der Waals surface area (Å²) in [6, 6.07) is 20.6. The van der Waals surface area contributed by atoms with Gasteiger partial charge in [0.1, 0.15) is 24.7 Å². The molecular weight excluding hydrogens is 1490 g/mol. The number of carbonyl (C=O) groups excluding carboxylic acids is 10. The van der Waals surface area contributed by atoms with Crippen molar-refractivity contribution in [2.45, 2.75) is 147 Å². The van der Waals surface area contributed by atoms with Crippen molar-refractivity contribution in [3.63, 3.8) is 0 Å². The van der Waals surface area contributed by atoms with Crippen LogP contribution in [0.4, 0.5) is 37.1 Å². The highest BCUT2D eigenvalue weighted by Gasteiger charge is 2.52. The first kappa shape index (κ1) is 85.9. The first-order chi connectivity index (χ1) is 54.4. The van der Waals surface area contributed by atoms with E-state index in [1.165, 1.54) is 47.4 Å². The molecule has 3 aliphatic heterocycles. The first-order valence-electron chi connectivity index (χ1n) is 37.8. The third-order valence-corrected chi connectivity index (χ3v) is 20.3. The minimum absolute atomic E-state index is 0.0343. The summed E-state index contributed by atoms with van der Waals surface area (Å²) in [5.74, 6) is -6.07. The van der Waals surface area contributed by atoms with E-state index in [0.29, 0.717) is 67.0 Å². The average Bonchev–Trinajstić information content (AvgIpc) is 1.63. The molecule has 0 saturated carbocycles. The number of pyridine rings is 2. The number of anilines is 4. The van der Waals surface area contributed by atoms with E-state index in [2.05, 4.69) is 47.3 Å². The molecule has 113 heavy (non-hydrogen) atoms. The summed E-state index contributed by atoms with van der Waals surface area (Å²) in [6.45, 7) is 10.5. The molecular formula is C78H100N14O20S. The van der Waals surface area contributed by atoms with Crippen molar-refractivity contribution in [1.82, 2.24) is 41.0 Å². The van der Waals surface area contributed by atoms with Crippen LogP contribution in [-0.4, -0.2) is 186 Å². The van der Waals surface area contributed by atoms with Gasteiger partial charge in [-0.1, -0.05) is 71.0 Å². The van der Waals surface area contributed by atoms with Crippen LogP contribution >= 0.6 is 0 Å². The summed E-state index contributed by atoms with van der Waals surface area (Å²) in [6.07, 6.45) is 1.39. The Morgan fingerprint density at radius 1 is 0.673 bits per heavy atom. The van der Waals surface area contributed by atoms with E-state index in [-0.39, 0.29) is 145 Å². The molecule has 9 amide bonds. The molecule has 6 aromatic rings. The maximum Gasteiger partial charge on any atom is 0.355 e. The van der Waals surface area contributed by atoms with Gasteiger partial charge in [-0.05, 0) is 142 Å². The van der Waals surface area contributed by atoms with Crippen molar-refractivity contribution in [1.29, 1.82) is 0 Å². The fraction of sp³-hybridized carbons (Fsp3) is 0.462. The zero-order valence-electron chi connectivity index (χ0n) is 63.9. The second-order valence-electron chi connectivity index (χ2n) is 27.3. The Morgan fingerprint density at radius 2 is 1.31 bits per heavy atom. The number of benzene rings is 4. The average molecular weight is 1590 g/mol. The number of aryl methyl sites for hydroxylation is 1. The van der Waals surface area contributed by atoms with Crippen molar-refractivity contribution in [3.05, 3.63) is 141 Å². The highest BCUT2D eigenvalue weighted by molar-refractivity contribution is 7.92. The van der Waals surface area contributed by atoms with Gasteiger partial charge in [0, 0.05) is 65.3 Å². The lowest BCUT2D eigenvalue weighted by atomic mass is 9.85. The number of nitrogens with two attached hydrogens (primary N) is 2. The van der Waals surface area contributed by atoms with Gasteiger partial charge in [0.05, 0.1) is 106 Å². The summed E-state index contributed by atoms with van der Waals surface area (Å²) >= 11 is 0. The number of hydrogen-bond acceptors (Lipinski definition) is 23. The number of urea groups is 3. The number of rotatable bonds is 41. The normalized spacial score (nSPS) is 15.6. The van der Waals surface area contributed by atoms with Gasteiger partial charge in [-0.15, -0.1) is 0 Å². The number of sulfonamides is 1. The number of aromatic nitrogens is 2. The molecule has 5 atom stereocenters. The topological polar surface area (TPSA) is 468 Å². The van der Waals surface area contributed by atoms with E-state index in [1.807, 2.05) is 38.1 Å². The zero-order chi connectivity index (χ0) is 81.2. The number of nitrogens with one attached hydrogen (secondary N) is 9. The first-order valence-corrected chi connectivity index (χ1v) is 39.3. The Labute approximate surface area is 653 Å². The highest BCUT2D eigenvalue weighted by Crippen LogP contribution is 2.43. The molecule has 34 nitrogen and oxygen atoms in total. The Hall–Kier alpha value is -11.1. The Morgan fingerprint density at radius 3 is 1.98 bits per heavy atom. The van der Waals surface area contributed by atoms with Gasteiger partial charge < -0.3 is 96.6 Å². The molecule has 608 valence electrons. The number of esters is 4. The third-order valence-electron chi connectivity index (χ3n) is 18.9. The van der Waals surface area contributed by atoms with Crippen LogP contribution in [0.5, 0.6) is 0 Å². The van der Waals surface area contributed by atoms with E-state index in [9.17, 15) is 61.2 Å². The zero-order valence-corrected chi connectivity index (χ0v) is 64.8. The molecule has 9 rings (SSSR count). The predicted octanol–water partition coefficient (Wildman–Crippen LogP) is 5.83. The van der Waals surface area contributed by atoms with Crippen molar-refractivity contribution in [3.8, 4) is 11.4 Å². The Balaban J connectivity index is 0.686. The minimum atomic E-state index is -4.19. The maximum atomic E-state index is 14.6. The lowest BCUT2D eigenvalue weighted by Crippen LogP contribution is -2.57. The summed E-state index contributed by atoms with van der Waals surface area (Å²) < 4.78 is 70.4. The van der Waals surface area contributed by atoms with Gasteiger partial charge in [0.15, 0.2) is 0 Å². The van der Waals surface area contributed by atoms with Crippen LogP contribution in [0.25, 0.3) is 22.3 Å². The molecule has 1 saturated heterocycles. The van der Waals surface area contributed by atoms with Gasteiger partial charge >= 0.3 is 42.0 Å². The van der Waals surface area contributed by atoms with E-state index < -0.39 is 117 Å². The molecule has 0 unspecified atom stereocenters. The minimum Gasteiger partial charge on any atom is -0.466 e. The molecule has 35 heteroatoms. The largest absolute Gasteiger partial charge is 0.466 e. The number of amides is 9. The van der Waals surface area contributed by atoms with Crippen molar-refractivity contribution < 1.29 is 89.5 Å². The molecule has 4 aromatic carbocycles. The Kier molecular flexibility index (Phi) is 31.5. The van der Waals surface area contributed by atoms with Crippen LogP contribution in [0.15, 0.2) is 113 Å². The molecule has 0 radical (unpaired) electrons. The predicted molar refractivity (Wildman–Crippen MR) is 416 cm³/mol. The number of hydrogen-bond donors (Lipinski definition) is 11. The lowest BCUT2D eigenvalue weighted by Gasteiger charge is -2.37. The number of carbonyl (C=O) groups is 10. The van der Waals surface area contributed by atoms with Crippen LogP contribution in [0, 0.1) is 5.92 Å². The van der Waals surface area contributed by atoms with E-state index in [1.54, 1.807) is 61.7 Å². The molecule has 2 aromatic heterocycles. The number of para-hydroxylation sites is 1. The summed E-state index contributed by atoms with van der Waals surface area (Å²) in [5, 5.41) is 22.4. The van der Waals surface area contributed by atoms with Crippen LogP contribution < -0.4 is 64.3 Å². The standard InChI is InChI=1S/C78H100N14O20S/c1-6-30-81-75(101)85-52-17-12-19-54(42-52)113(104,105)90-53-18-11-16-49(41-53)61(44-66(94)109-33-14-28-79)88-77(103)84-51-25-23-50(24-26-51)83-76(102)82-31-36-107-38-40-108-39-37-106-35-27-65(93)86-62(45-67(95)110-34-15-29-80)72(98)91-32-13-22-63(91)70(96)89-68(48(4)5)73(99)112-78(8-3)59-43-64-69-57(46-92(64)71(97)58(59)47-111-74(78)100)55(7-2)56-20-9-10-21-60(56)87-69/h9-12,16-21,23-26,41-43,48,61-63,68,90H,6-8,13-15,22,27-40,44-47,79-80H2,1-5H3,(H,86,93)(H,89,96)(H2,81,85,101)(H2,82,83,102)(H2,84,88,103)/t61-,62+,63+,68+,78+/m1/s1. The smallest absolute Gasteiger partial charge is 0.355 e. The molecule has 5 heterocycles. The van der Waals surface area contributed by atoms with Crippen molar-refractivity contribution >= 4 is 103 Å². The molecule has 0 spiro atoms. The van der Waals surface area contributed by atoms with Gasteiger partial charge in [-0.2, -0.15) is 0 Å². The van der Waals surface area contributed by atoms with Crippen molar-refractivity contribution in [2.75, 3.05) is 106 Å². The second kappa shape index (κ2) is 41.4. The SMILES string of the molecule is CCCNC(=O)Nc1cccc(S(=O)(=O)Nc2cccc([C@@H](CC(=O)OCCCN)NC(=O)Nc3ccc(NC(=O)NCCOCCOCCOCCC(=O)N[C@@H](CC(=O)OCCCN)C(=O)N4CCC[C@H]4C(=O)N[C@H](C(=O)O[C@]4(CC)C(=O)OCc5c4cc4n(c5=O)Cc5c-4nc4ccccc4c5CC)C(C)C)cc3)c2)c1. The molecule has 0 bridgehead atoms. The lowest BCUT2D eigenvalue weighted by molar-refractivity contribution is -0.191. The van der Waals surface area contributed by atoms with Crippen LogP contribution in [0.1, 0.15) is 126 Å². The molecule has 3 aliphatic rings. The highest BCUT2D eigenvalue weighted by atomic mass is 32.2. The van der Waals surface area contributed by atoms with Crippen molar-refractivity contribution in [2.24, 2.45) is 17.4 Å². The molecule has 1 fully saturated rings. The van der Waals surface area contributed by atoms with Gasteiger partial charge in [0.2, 0.25) is 23.3 Å². The molecule has 0 aliphatic carbocycles. The quantitative estimate of drug-likeness (QED) is 0.0122. The van der Waals surface area contributed by atoms with E-state index in [4.69, 9.17) is 49.6 Å². The fourth-order valence-electron chi connectivity index (χ4n) is 13.1. The van der Waals surface area contributed by atoms with Gasteiger partial charge in [0.25, 0.3) is 15.6 Å². The number of cyclic esters (lactones) is 1. The molecule has 13 N–H and O–H groups in total. The number of likely N-dealkylation sites (tertiary alicyclic amines) is 1. The number of nitrogens with zero attached hydrogens (tertiary/aromatic N) is 3. The summed E-state index contributed by atoms with van der Waals surface area (Å²) in [5.41, 5.74) is 14.1. The third kappa shape index (κ3) is 23.1. The van der Waals surface area contributed by atoms with E-state index in [0.717, 1.165) is 22.0 Å². The van der Waals surface area contributed by atoms with Crippen LogP contribution in [0.2, 0.25) is 0 Å². The van der Waals surface area contributed by atoms with Crippen LogP contribution in [0.3, 0.4) is 0 Å². The van der Waals surface area contributed by atoms with Crippen LogP contribution in [-0.2, 0) is 102 Å². The van der Waals surface area contributed by atoms with Gasteiger partial charge in [-0.3, -0.25) is 33.5 Å². The summed E-state index contributed by atoms with van der Waals surface area (Å²) in [4.78, 5) is 156. The summed E-state index contributed by atoms with van der Waals surface area (Å²) in [7, 11) is -4.19. The van der Waals surface area contributed by atoms with E-state index >= 15 is 0 Å². The number of ether oxygens (including phenoxy) is 7. The fourth-order valence-corrected chi connectivity index (χ4v) is 14.2.